The van der Waals surface area contributed by atoms with E-state index in [0.717, 1.165) is 43.7 Å². The van der Waals surface area contributed by atoms with E-state index in [9.17, 15) is 0 Å². The first-order valence-corrected chi connectivity index (χ1v) is 19.1. The van der Waals surface area contributed by atoms with Crippen molar-refractivity contribution in [3.05, 3.63) is 97.1 Å². The topological polar surface area (TPSA) is 46.2 Å². The first-order chi connectivity index (χ1) is 21.7. The van der Waals surface area contributed by atoms with E-state index >= 15 is 0 Å². The molecule has 0 atom stereocenters. The highest BCUT2D eigenvalue weighted by molar-refractivity contribution is 6.91. The van der Waals surface area contributed by atoms with Crippen LogP contribution in [0.25, 0.3) is 0 Å². The fourth-order valence-corrected chi connectivity index (χ4v) is 10.3. The lowest BCUT2D eigenvalue weighted by molar-refractivity contribution is 0.130. The minimum atomic E-state index is -1.84. The third-order valence-corrected chi connectivity index (χ3v) is 11.3. The fourth-order valence-electron chi connectivity index (χ4n) is 4.89. The van der Waals surface area contributed by atoms with Gasteiger partial charge in [-0.2, -0.15) is 0 Å². The maximum Gasteiger partial charge on any atom is 0.272 e. The highest BCUT2D eigenvalue weighted by Gasteiger charge is 2.31. The van der Waals surface area contributed by atoms with Crippen molar-refractivity contribution in [1.29, 1.82) is 0 Å². The van der Waals surface area contributed by atoms with Gasteiger partial charge in [-0.3, -0.25) is 0 Å². The monoisotopic (exact) mass is 668 g/mol. The van der Waals surface area contributed by atoms with Crippen LogP contribution < -0.4 is 39.7 Å². The zero-order valence-corrected chi connectivity index (χ0v) is 32.3. The summed E-state index contributed by atoms with van der Waals surface area (Å²) in [4.78, 5) is 0. The van der Waals surface area contributed by atoms with E-state index < -0.39 is 18.1 Å². The van der Waals surface area contributed by atoms with Crippen LogP contribution in [0.3, 0.4) is 0 Å². The molecule has 0 heterocycles. The van der Waals surface area contributed by atoms with Crippen molar-refractivity contribution < 1.29 is 23.1 Å². The molecule has 47 heavy (non-hydrogen) atoms. The third-order valence-electron chi connectivity index (χ3n) is 6.29. The number of benzene rings is 4. The molecule has 7 heteroatoms. The minimum Gasteiger partial charge on any atom is -0.488 e. The maximum atomic E-state index is 7.52. The zero-order chi connectivity index (χ0) is 34.6. The van der Waals surface area contributed by atoms with Gasteiger partial charge in [-0.1, -0.05) is 48.5 Å². The molecule has 0 aromatic heterocycles. The smallest absolute Gasteiger partial charge is 0.272 e. The molecule has 250 valence electrons. The van der Waals surface area contributed by atoms with Gasteiger partial charge in [0.05, 0.1) is 0 Å². The molecular formula is C40H52O5Si2. The summed E-state index contributed by atoms with van der Waals surface area (Å²) in [7, 11) is -3.67. The predicted molar refractivity (Wildman–Crippen MR) is 198 cm³/mol. The second kappa shape index (κ2) is 14.3. The molecule has 0 amide bonds. The Labute approximate surface area is 286 Å². The molecule has 2 radical (unpaired) electrons. The van der Waals surface area contributed by atoms with Crippen molar-refractivity contribution in [2.45, 2.75) is 105 Å². The molecule has 0 aliphatic carbocycles. The Morgan fingerprint density at radius 2 is 0.553 bits per heavy atom. The normalized spacial score (nSPS) is 12.7. The van der Waals surface area contributed by atoms with Crippen molar-refractivity contribution in [1.82, 2.24) is 0 Å². The number of hydrogen-bond acceptors (Lipinski definition) is 5. The van der Waals surface area contributed by atoms with Crippen LogP contribution in [-0.2, 0) is 4.12 Å². The Balaban J connectivity index is 1.89. The van der Waals surface area contributed by atoms with Crippen LogP contribution in [0.2, 0.25) is 0 Å². The summed E-state index contributed by atoms with van der Waals surface area (Å²) < 4.78 is 32.8. The van der Waals surface area contributed by atoms with Crippen LogP contribution in [0.4, 0.5) is 0 Å². The Morgan fingerprint density at radius 3 is 0.745 bits per heavy atom. The number of rotatable bonds is 10. The summed E-state index contributed by atoms with van der Waals surface area (Å²) in [6.07, 6.45) is 0. The zero-order valence-electron chi connectivity index (χ0n) is 30.3. The van der Waals surface area contributed by atoms with Gasteiger partial charge in [0.1, 0.15) is 45.4 Å². The average Bonchev–Trinajstić information content (AvgIpc) is 2.90. The molecule has 4 aromatic rings. The average molecular weight is 669 g/mol. The van der Waals surface area contributed by atoms with Crippen molar-refractivity contribution >= 4 is 38.8 Å². The molecule has 0 fully saturated rings. The van der Waals surface area contributed by atoms with Gasteiger partial charge in [-0.05, 0) is 152 Å². The van der Waals surface area contributed by atoms with Crippen molar-refractivity contribution in [2.75, 3.05) is 0 Å². The SMILES string of the molecule is CC(C)(C)Oc1cccc([Si](O[Si](c2cccc(OC(C)(C)C)c2)c2cccc(OC(C)(C)C)c2)c2cccc(OC(C)(C)C)c2)c1. The molecule has 0 spiro atoms. The van der Waals surface area contributed by atoms with Gasteiger partial charge < -0.3 is 23.1 Å². The lowest BCUT2D eigenvalue weighted by atomic mass is 10.2. The van der Waals surface area contributed by atoms with E-state index in [4.69, 9.17) is 23.1 Å². The molecule has 0 bridgehead atoms. The van der Waals surface area contributed by atoms with Gasteiger partial charge in [-0.15, -0.1) is 0 Å². The van der Waals surface area contributed by atoms with E-state index in [1.807, 2.05) is 24.3 Å². The van der Waals surface area contributed by atoms with Gasteiger partial charge in [0.15, 0.2) is 0 Å². The van der Waals surface area contributed by atoms with E-state index in [1.54, 1.807) is 0 Å². The highest BCUT2D eigenvalue weighted by Crippen LogP contribution is 2.21. The quantitative estimate of drug-likeness (QED) is 0.166. The van der Waals surface area contributed by atoms with Crippen LogP contribution >= 0.6 is 0 Å². The Morgan fingerprint density at radius 1 is 0.340 bits per heavy atom. The molecule has 0 saturated carbocycles. The third kappa shape index (κ3) is 11.9. The summed E-state index contributed by atoms with van der Waals surface area (Å²) in [5, 5.41) is 4.38. The van der Waals surface area contributed by atoms with Crippen LogP contribution in [0.15, 0.2) is 97.1 Å². The molecule has 0 saturated heterocycles. The first kappa shape index (κ1) is 36.3. The van der Waals surface area contributed by atoms with Gasteiger partial charge in [0, 0.05) is 0 Å². The molecular weight excluding hydrogens is 617 g/mol. The second-order valence-electron chi connectivity index (χ2n) is 15.7. The fraction of sp³-hybridized carbons (Fsp3) is 0.400. The molecule has 5 nitrogen and oxygen atoms in total. The molecule has 0 aliphatic heterocycles. The van der Waals surface area contributed by atoms with E-state index in [0.29, 0.717) is 0 Å². The Bertz CT molecular complexity index is 1380. The number of hydrogen-bond donors (Lipinski definition) is 0. The van der Waals surface area contributed by atoms with E-state index in [-0.39, 0.29) is 22.4 Å². The molecule has 0 unspecified atom stereocenters. The minimum absolute atomic E-state index is 0.331. The second-order valence-corrected chi connectivity index (χ2v) is 20.2. The summed E-state index contributed by atoms with van der Waals surface area (Å²) in [5.41, 5.74) is -1.32. The Kier molecular flexibility index (Phi) is 11.0. The van der Waals surface area contributed by atoms with Crippen LogP contribution in [0.5, 0.6) is 23.0 Å². The molecule has 4 aromatic carbocycles. The van der Waals surface area contributed by atoms with E-state index in [2.05, 4.69) is 156 Å². The first-order valence-electron chi connectivity index (χ1n) is 16.3. The van der Waals surface area contributed by atoms with E-state index in [1.165, 1.54) is 0 Å². The molecule has 0 aliphatic rings. The van der Waals surface area contributed by atoms with Crippen LogP contribution in [0.1, 0.15) is 83.1 Å². The van der Waals surface area contributed by atoms with Crippen LogP contribution in [0, 0.1) is 0 Å². The predicted octanol–water partition coefficient (Wildman–Crippen LogP) is 7.32. The van der Waals surface area contributed by atoms with Gasteiger partial charge >= 0.3 is 0 Å². The standard InChI is InChI=1S/C40H52O5Si2/c1-37(2,3)41-29-17-13-21-33(25-29)46(34-22-14-18-30(26-34)42-38(4,5)6)45-47(35-23-15-19-31(27-35)43-39(7,8)9)36-24-16-20-32(28-36)44-40(10,11)12/h13-28H,1-12H3. The summed E-state index contributed by atoms with van der Waals surface area (Å²) in [6, 6.07) is 33.4. The van der Waals surface area contributed by atoms with Crippen molar-refractivity contribution in [3.8, 4) is 23.0 Å². The Hall–Kier alpha value is -3.53. The maximum absolute atomic E-state index is 7.52. The largest absolute Gasteiger partial charge is 0.488 e. The van der Waals surface area contributed by atoms with Gasteiger partial charge in [0.25, 0.3) is 18.1 Å². The molecule has 4 rings (SSSR count). The van der Waals surface area contributed by atoms with Crippen LogP contribution in [-0.4, -0.2) is 40.5 Å². The highest BCUT2D eigenvalue weighted by atomic mass is 28.4. The lowest BCUT2D eigenvalue weighted by Crippen LogP contribution is -2.56. The van der Waals surface area contributed by atoms with Crippen molar-refractivity contribution in [3.63, 3.8) is 0 Å². The van der Waals surface area contributed by atoms with Crippen molar-refractivity contribution in [2.24, 2.45) is 0 Å². The number of ether oxygens (including phenoxy) is 4. The summed E-state index contributed by atoms with van der Waals surface area (Å²) in [6.45, 7) is 24.8. The van der Waals surface area contributed by atoms with Gasteiger partial charge in [-0.25, -0.2) is 0 Å². The lowest BCUT2D eigenvalue weighted by Gasteiger charge is -2.27. The summed E-state index contributed by atoms with van der Waals surface area (Å²) in [5.74, 6) is 3.27. The summed E-state index contributed by atoms with van der Waals surface area (Å²) >= 11 is 0. The molecule has 0 N–H and O–H groups in total. The van der Waals surface area contributed by atoms with Gasteiger partial charge in [0.2, 0.25) is 0 Å².